The van der Waals surface area contributed by atoms with Crippen molar-refractivity contribution in [1.82, 2.24) is 5.32 Å². The Morgan fingerprint density at radius 3 is 2.69 bits per heavy atom. The van der Waals surface area contributed by atoms with Crippen LogP contribution in [0.5, 0.6) is 0 Å². The first-order chi connectivity index (χ1) is 7.67. The quantitative estimate of drug-likeness (QED) is 0.722. The Bertz CT molecular complexity index is 185. The molecule has 3 heteroatoms. The van der Waals surface area contributed by atoms with Gasteiger partial charge in [-0.25, -0.2) is 0 Å². The summed E-state index contributed by atoms with van der Waals surface area (Å²) >= 11 is 2.12. The maximum Gasteiger partial charge on any atom is 0.00781 e. The van der Waals surface area contributed by atoms with Gasteiger partial charge in [0, 0.05) is 11.3 Å². The molecule has 0 saturated heterocycles. The third-order valence-electron chi connectivity index (χ3n) is 3.70. The highest BCUT2D eigenvalue weighted by Crippen LogP contribution is 2.29. The van der Waals surface area contributed by atoms with Crippen LogP contribution in [-0.2, 0) is 0 Å². The summed E-state index contributed by atoms with van der Waals surface area (Å²) in [7, 11) is 0. The summed E-state index contributed by atoms with van der Waals surface area (Å²) in [5.74, 6) is 2.59. The van der Waals surface area contributed by atoms with Crippen LogP contribution >= 0.6 is 11.8 Å². The molecule has 0 heterocycles. The highest BCUT2D eigenvalue weighted by Gasteiger charge is 2.24. The molecule has 3 unspecified atom stereocenters. The summed E-state index contributed by atoms with van der Waals surface area (Å²) in [6, 6.07) is 0.747. The van der Waals surface area contributed by atoms with Gasteiger partial charge in [0.2, 0.25) is 0 Å². The normalized spacial score (nSPS) is 27.6. The molecule has 0 bridgehead atoms. The first-order valence-corrected chi connectivity index (χ1v) is 7.77. The van der Waals surface area contributed by atoms with Crippen LogP contribution in [0.4, 0.5) is 0 Å². The van der Waals surface area contributed by atoms with Crippen molar-refractivity contribution in [3.05, 3.63) is 0 Å². The zero-order valence-electron chi connectivity index (χ0n) is 11.0. The maximum atomic E-state index is 5.79. The van der Waals surface area contributed by atoms with E-state index in [1.165, 1.54) is 25.0 Å². The van der Waals surface area contributed by atoms with Crippen LogP contribution in [0.1, 0.15) is 40.0 Å². The van der Waals surface area contributed by atoms with Gasteiger partial charge in [0.25, 0.3) is 0 Å². The summed E-state index contributed by atoms with van der Waals surface area (Å²) in [5.41, 5.74) is 5.79. The van der Waals surface area contributed by atoms with Crippen molar-refractivity contribution < 1.29 is 0 Å². The first-order valence-electron chi connectivity index (χ1n) is 6.72. The molecule has 2 nitrogen and oxygen atoms in total. The smallest absolute Gasteiger partial charge is 0.00781 e. The lowest BCUT2D eigenvalue weighted by atomic mass is 9.96. The van der Waals surface area contributed by atoms with Crippen molar-refractivity contribution in [2.45, 2.75) is 51.3 Å². The van der Waals surface area contributed by atoms with Crippen LogP contribution in [0, 0.1) is 11.8 Å². The molecule has 0 aliphatic heterocycles. The third-order valence-corrected chi connectivity index (χ3v) is 4.93. The van der Waals surface area contributed by atoms with Crippen molar-refractivity contribution in [3.8, 4) is 0 Å². The number of thioether (sulfide) groups is 1. The number of nitrogens with two attached hydrogens (primary N) is 1. The van der Waals surface area contributed by atoms with Crippen LogP contribution in [0.2, 0.25) is 0 Å². The van der Waals surface area contributed by atoms with Gasteiger partial charge in [0.1, 0.15) is 0 Å². The van der Waals surface area contributed by atoms with Crippen LogP contribution in [0.25, 0.3) is 0 Å². The van der Waals surface area contributed by atoms with E-state index in [4.69, 9.17) is 5.73 Å². The van der Waals surface area contributed by atoms with E-state index in [-0.39, 0.29) is 0 Å². The molecule has 0 spiro atoms. The average molecular weight is 244 g/mol. The molecule has 0 aromatic heterocycles. The Kier molecular flexibility index (Phi) is 6.78. The van der Waals surface area contributed by atoms with Gasteiger partial charge in [-0.3, -0.25) is 0 Å². The van der Waals surface area contributed by atoms with Crippen LogP contribution < -0.4 is 11.1 Å². The van der Waals surface area contributed by atoms with Gasteiger partial charge in [-0.2, -0.15) is 11.8 Å². The molecule has 0 aromatic rings. The maximum absolute atomic E-state index is 5.79. The second-order valence-corrected chi connectivity index (χ2v) is 6.81. The molecule has 1 saturated carbocycles. The largest absolute Gasteiger partial charge is 0.330 e. The fourth-order valence-electron chi connectivity index (χ4n) is 2.42. The lowest BCUT2D eigenvalue weighted by Gasteiger charge is -2.22. The van der Waals surface area contributed by atoms with Gasteiger partial charge in [-0.15, -0.1) is 0 Å². The summed E-state index contributed by atoms with van der Waals surface area (Å²) < 4.78 is 0. The van der Waals surface area contributed by atoms with Crippen molar-refractivity contribution >= 4 is 11.8 Å². The monoisotopic (exact) mass is 244 g/mol. The van der Waals surface area contributed by atoms with Gasteiger partial charge < -0.3 is 11.1 Å². The van der Waals surface area contributed by atoms with Crippen molar-refractivity contribution in [1.29, 1.82) is 0 Å². The van der Waals surface area contributed by atoms with Crippen molar-refractivity contribution in [2.24, 2.45) is 17.6 Å². The van der Waals surface area contributed by atoms with E-state index < -0.39 is 0 Å². The van der Waals surface area contributed by atoms with E-state index in [0.717, 1.165) is 24.4 Å². The van der Waals surface area contributed by atoms with E-state index in [1.54, 1.807) is 0 Å². The summed E-state index contributed by atoms with van der Waals surface area (Å²) in [6.07, 6.45) is 4.10. The van der Waals surface area contributed by atoms with Crippen LogP contribution in [-0.4, -0.2) is 30.1 Å². The Balaban J connectivity index is 2.18. The SMILES string of the molecule is CCSC1CCC(NCC(CN)C(C)C)C1. The highest BCUT2D eigenvalue weighted by molar-refractivity contribution is 7.99. The lowest BCUT2D eigenvalue weighted by Crippen LogP contribution is -2.36. The molecule has 0 radical (unpaired) electrons. The third kappa shape index (κ3) is 4.64. The van der Waals surface area contributed by atoms with E-state index in [2.05, 4.69) is 37.8 Å². The molecular formula is C13H28N2S. The molecule has 1 aliphatic carbocycles. The fourth-order valence-corrected chi connectivity index (χ4v) is 3.56. The zero-order chi connectivity index (χ0) is 12.0. The minimum Gasteiger partial charge on any atom is -0.330 e. The highest BCUT2D eigenvalue weighted by atomic mass is 32.2. The fraction of sp³-hybridized carbons (Fsp3) is 1.00. The molecule has 3 N–H and O–H groups in total. The van der Waals surface area contributed by atoms with E-state index in [0.29, 0.717) is 11.8 Å². The minimum atomic E-state index is 0.637. The van der Waals surface area contributed by atoms with Gasteiger partial charge in [0.05, 0.1) is 0 Å². The molecule has 0 aromatic carbocycles. The van der Waals surface area contributed by atoms with Gasteiger partial charge >= 0.3 is 0 Å². The summed E-state index contributed by atoms with van der Waals surface area (Å²) in [4.78, 5) is 0. The number of hydrogen-bond acceptors (Lipinski definition) is 3. The molecule has 1 rings (SSSR count). The molecule has 16 heavy (non-hydrogen) atoms. The van der Waals surface area contributed by atoms with Crippen LogP contribution in [0.3, 0.4) is 0 Å². The molecule has 0 amide bonds. The Labute approximate surface area is 105 Å². The number of hydrogen-bond donors (Lipinski definition) is 2. The second kappa shape index (κ2) is 7.57. The second-order valence-electron chi connectivity index (χ2n) is 5.24. The average Bonchev–Trinajstić information content (AvgIpc) is 2.67. The molecule has 3 atom stereocenters. The Hall–Kier alpha value is 0.270. The molecule has 1 fully saturated rings. The predicted octanol–water partition coefficient (Wildman–Crippen LogP) is 2.48. The summed E-state index contributed by atoms with van der Waals surface area (Å²) in [6.45, 7) is 8.70. The van der Waals surface area contributed by atoms with E-state index in [9.17, 15) is 0 Å². The standard InChI is InChI=1S/C13H28N2S/c1-4-16-13-6-5-12(7-13)15-9-11(8-14)10(2)3/h10-13,15H,4-9,14H2,1-3H3. The Morgan fingerprint density at radius 2 is 2.12 bits per heavy atom. The minimum absolute atomic E-state index is 0.637. The van der Waals surface area contributed by atoms with Gasteiger partial charge in [-0.1, -0.05) is 20.8 Å². The molecule has 1 aliphatic rings. The van der Waals surface area contributed by atoms with Crippen LogP contribution in [0.15, 0.2) is 0 Å². The molecule has 96 valence electrons. The number of nitrogens with one attached hydrogen (secondary N) is 1. The van der Waals surface area contributed by atoms with Gasteiger partial charge in [-0.05, 0) is 49.9 Å². The Morgan fingerprint density at radius 1 is 1.38 bits per heavy atom. The topological polar surface area (TPSA) is 38.0 Å². The summed E-state index contributed by atoms with van der Waals surface area (Å²) in [5, 5.41) is 4.61. The van der Waals surface area contributed by atoms with Crippen molar-refractivity contribution in [2.75, 3.05) is 18.8 Å². The number of rotatable bonds is 7. The van der Waals surface area contributed by atoms with Gasteiger partial charge in [0.15, 0.2) is 0 Å². The predicted molar refractivity (Wildman–Crippen MR) is 74.9 cm³/mol. The van der Waals surface area contributed by atoms with E-state index in [1.807, 2.05) is 0 Å². The van der Waals surface area contributed by atoms with Crippen molar-refractivity contribution in [3.63, 3.8) is 0 Å². The lowest BCUT2D eigenvalue weighted by molar-refractivity contribution is 0.350. The first kappa shape index (κ1) is 14.3. The zero-order valence-corrected chi connectivity index (χ0v) is 11.9. The molecular weight excluding hydrogens is 216 g/mol. The van der Waals surface area contributed by atoms with E-state index >= 15 is 0 Å².